The lowest BCUT2D eigenvalue weighted by Gasteiger charge is -2.51. The number of halogens is 1. The molecule has 9 heteroatoms. The number of amides is 1. The van der Waals surface area contributed by atoms with Gasteiger partial charge < -0.3 is 14.4 Å². The molecule has 5 rings (SSSR count). The Labute approximate surface area is 269 Å². The van der Waals surface area contributed by atoms with Crippen LogP contribution < -0.4 is 14.4 Å². The Morgan fingerprint density at radius 3 is 2.66 bits per heavy atom. The van der Waals surface area contributed by atoms with Gasteiger partial charge in [-0.05, 0) is 91.5 Å². The van der Waals surface area contributed by atoms with E-state index in [0.29, 0.717) is 43.3 Å². The Bertz CT molecular complexity index is 1430. The van der Waals surface area contributed by atoms with E-state index in [4.69, 9.17) is 21.1 Å². The fraction of sp³-hybridized carbons (Fsp3) is 0.543. The fourth-order valence-corrected chi connectivity index (χ4v) is 8.33. The largest absolute Gasteiger partial charge is 0.491 e. The maximum absolute atomic E-state index is 13.4. The third-order valence-electron chi connectivity index (χ3n) is 10.1. The summed E-state index contributed by atoms with van der Waals surface area (Å²) in [6, 6.07) is 11.6. The number of carbonyl (C=O) groups excluding carboxylic acids is 2. The second kappa shape index (κ2) is 13.8. The van der Waals surface area contributed by atoms with E-state index in [2.05, 4.69) is 35.6 Å². The van der Waals surface area contributed by atoms with Gasteiger partial charge in [-0.2, -0.15) is 0 Å². The molecule has 8 atom stereocenters. The van der Waals surface area contributed by atoms with E-state index in [9.17, 15) is 13.8 Å². The van der Waals surface area contributed by atoms with Crippen LogP contribution in [0.5, 0.6) is 5.75 Å². The van der Waals surface area contributed by atoms with Gasteiger partial charge in [0.1, 0.15) is 22.3 Å². The van der Waals surface area contributed by atoms with Crippen molar-refractivity contribution >= 4 is 40.5 Å². The Morgan fingerprint density at radius 2 is 1.95 bits per heavy atom. The summed E-state index contributed by atoms with van der Waals surface area (Å²) in [7, 11) is 0.0231. The first kappa shape index (κ1) is 32.7. The van der Waals surface area contributed by atoms with Gasteiger partial charge in [0.25, 0.3) is 5.91 Å². The molecule has 0 aromatic heterocycles. The molecule has 238 valence electrons. The van der Waals surface area contributed by atoms with Crippen molar-refractivity contribution in [2.75, 3.05) is 31.7 Å². The van der Waals surface area contributed by atoms with Crippen LogP contribution in [0.25, 0.3) is 0 Å². The summed E-state index contributed by atoms with van der Waals surface area (Å²) in [5.41, 5.74) is 2.66. The number of allylic oxidation sites excluding steroid dienone is 1. The predicted molar refractivity (Wildman–Crippen MR) is 177 cm³/mol. The normalized spacial score (nSPS) is 33.2. The molecule has 0 saturated heterocycles. The summed E-state index contributed by atoms with van der Waals surface area (Å²) >= 11 is 6.42. The van der Waals surface area contributed by atoms with E-state index in [1.807, 2.05) is 44.2 Å². The molecule has 1 saturated carbocycles. The van der Waals surface area contributed by atoms with Crippen LogP contribution in [0.15, 0.2) is 48.6 Å². The van der Waals surface area contributed by atoms with Crippen LogP contribution >= 0.6 is 11.6 Å². The molecule has 1 amide bonds. The van der Waals surface area contributed by atoms with Gasteiger partial charge in [-0.25, -0.2) is 4.21 Å². The highest BCUT2D eigenvalue weighted by molar-refractivity contribution is 7.84. The SMILES string of the molecule is CCCc1cc(Cl)ccc1C1COc2ccc3cc2N(C1)CC1C(C)CC1C(C=O)(OC)/C=C/CC(C)C(C)S(=O)NC3=O. The van der Waals surface area contributed by atoms with Crippen molar-refractivity contribution in [1.82, 2.24) is 4.72 Å². The number of carbonyl (C=O) groups is 2. The number of hydrogen-bond donors (Lipinski definition) is 1. The maximum atomic E-state index is 13.4. The average molecular weight is 641 g/mol. The van der Waals surface area contributed by atoms with Gasteiger partial charge in [0.2, 0.25) is 0 Å². The van der Waals surface area contributed by atoms with Crippen LogP contribution in [-0.2, 0) is 26.9 Å². The molecule has 0 radical (unpaired) electrons. The quantitative estimate of drug-likeness (QED) is 0.296. The molecule has 0 spiro atoms. The molecule has 2 aliphatic heterocycles. The number of methoxy groups -OCH3 is 1. The van der Waals surface area contributed by atoms with E-state index in [1.54, 1.807) is 13.2 Å². The van der Waals surface area contributed by atoms with E-state index >= 15 is 0 Å². The van der Waals surface area contributed by atoms with E-state index in [0.717, 1.165) is 36.3 Å². The Balaban J connectivity index is 1.59. The summed E-state index contributed by atoms with van der Waals surface area (Å²) in [6.07, 6.45) is 8.25. The molecule has 2 bridgehead atoms. The minimum absolute atomic E-state index is 0.00486. The number of ether oxygens (including phenoxy) is 2. The second-order valence-electron chi connectivity index (χ2n) is 12.9. The molecule has 2 aromatic rings. The molecule has 2 aromatic carbocycles. The number of anilines is 1. The summed E-state index contributed by atoms with van der Waals surface area (Å²) in [5, 5.41) is 0.431. The highest BCUT2D eigenvalue weighted by Crippen LogP contribution is 2.49. The minimum atomic E-state index is -1.59. The van der Waals surface area contributed by atoms with Crippen LogP contribution in [0.2, 0.25) is 5.02 Å². The van der Waals surface area contributed by atoms with Gasteiger partial charge in [0, 0.05) is 42.6 Å². The summed E-state index contributed by atoms with van der Waals surface area (Å²) < 4.78 is 28.4. The number of hydrogen-bond acceptors (Lipinski definition) is 6. The summed E-state index contributed by atoms with van der Waals surface area (Å²) in [5.74, 6) is 0.955. The maximum Gasteiger partial charge on any atom is 0.263 e. The lowest BCUT2D eigenvalue weighted by atomic mass is 9.58. The van der Waals surface area contributed by atoms with Crippen LogP contribution in [0.1, 0.15) is 74.4 Å². The highest BCUT2D eigenvalue weighted by atomic mass is 35.5. The van der Waals surface area contributed by atoms with Gasteiger partial charge >= 0.3 is 0 Å². The molecular weight excluding hydrogens is 596 g/mol. The summed E-state index contributed by atoms with van der Waals surface area (Å²) in [6.45, 7) is 10.1. The van der Waals surface area contributed by atoms with Gasteiger partial charge in [-0.3, -0.25) is 14.3 Å². The van der Waals surface area contributed by atoms with Crippen LogP contribution in [0.3, 0.4) is 0 Å². The van der Waals surface area contributed by atoms with Gasteiger partial charge in [0.15, 0.2) is 6.29 Å². The second-order valence-corrected chi connectivity index (χ2v) is 14.9. The Hall–Kier alpha value is -2.68. The van der Waals surface area contributed by atoms with Gasteiger partial charge in [0.05, 0.1) is 17.5 Å². The number of nitrogens with zero attached hydrogens (tertiary/aromatic N) is 1. The lowest BCUT2D eigenvalue weighted by Crippen LogP contribution is -2.55. The molecule has 44 heavy (non-hydrogen) atoms. The number of benzene rings is 2. The topological polar surface area (TPSA) is 84.9 Å². The molecule has 8 unspecified atom stereocenters. The van der Waals surface area contributed by atoms with E-state index in [1.165, 1.54) is 11.1 Å². The van der Waals surface area contributed by atoms with E-state index < -0.39 is 16.6 Å². The molecule has 1 N–H and O–H groups in total. The van der Waals surface area contributed by atoms with Gasteiger partial charge in [-0.1, -0.05) is 50.9 Å². The zero-order chi connectivity index (χ0) is 31.6. The predicted octanol–water partition coefficient (Wildman–Crippen LogP) is 6.51. The van der Waals surface area contributed by atoms with Crippen molar-refractivity contribution < 1.29 is 23.3 Å². The van der Waals surface area contributed by atoms with Crippen molar-refractivity contribution in [3.8, 4) is 5.75 Å². The van der Waals surface area contributed by atoms with Crippen molar-refractivity contribution in [3.63, 3.8) is 0 Å². The minimum Gasteiger partial charge on any atom is -0.491 e. The highest BCUT2D eigenvalue weighted by Gasteiger charge is 2.51. The number of aldehydes is 1. The first-order chi connectivity index (χ1) is 21.1. The number of fused-ring (bicyclic) bond motifs is 2. The Morgan fingerprint density at radius 1 is 1.16 bits per heavy atom. The van der Waals surface area contributed by atoms with Crippen molar-refractivity contribution in [3.05, 3.63) is 70.3 Å². The zero-order valence-corrected chi connectivity index (χ0v) is 28.0. The number of nitrogens with one attached hydrogen (secondary N) is 1. The van der Waals surface area contributed by atoms with E-state index in [-0.39, 0.29) is 34.8 Å². The van der Waals surface area contributed by atoms with Crippen molar-refractivity contribution in [2.24, 2.45) is 23.7 Å². The molecular formula is C35H45ClN2O5S. The van der Waals surface area contributed by atoms with Crippen LogP contribution in [0.4, 0.5) is 5.69 Å². The first-order valence-electron chi connectivity index (χ1n) is 15.8. The zero-order valence-electron chi connectivity index (χ0n) is 26.4. The first-order valence-corrected chi connectivity index (χ1v) is 17.4. The molecule has 1 aliphatic carbocycles. The standard InChI is InChI=1S/C35H45ClN2O5S/c1-6-8-25-16-28(36)11-12-29(25)27-18-38-19-30-23(3)15-31(30)35(21-39,42-5)14-7-9-22(2)24(4)44(41)37-34(40)26-10-13-33(43-20-27)32(38)17-26/h7,10-14,16-17,21-24,27,30-31H,6,8-9,15,18-20H2,1-5H3,(H,37,40)/b14-7+. The molecule has 7 nitrogen and oxygen atoms in total. The molecule has 3 aliphatic rings. The lowest BCUT2D eigenvalue weighted by molar-refractivity contribution is -0.140. The van der Waals surface area contributed by atoms with Crippen molar-refractivity contribution in [1.29, 1.82) is 0 Å². The smallest absolute Gasteiger partial charge is 0.263 e. The van der Waals surface area contributed by atoms with Crippen molar-refractivity contribution in [2.45, 2.75) is 70.1 Å². The monoisotopic (exact) mass is 640 g/mol. The third-order valence-corrected chi connectivity index (χ3v) is 11.9. The van der Waals surface area contributed by atoms with Crippen LogP contribution in [-0.4, -0.2) is 54.1 Å². The number of rotatable bonds is 5. The number of aryl methyl sites for hydroxylation is 1. The van der Waals surface area contributed by atoms with Gasteiger partial charge in [-0.15, -0.1) is 0 Å². The fourth-order valence-electron chi connectivity index (χ4n) is 7.12. The Kier molecular flexibility index (Phi) is 10.2. The average Bonchev–Trinajstić information content (AvgIpc) is 3.19. The summed E-state index contributed by atoms with van der Waals surface area (Å²) in [4.78, 5) is 28.4. The molecule has 1 fully saturated rings. The molecule has 2 heterocycles. The third kappa shape index (κ3) is 6.49. The van der Waals surface area contributed by atoms with Crippen LogP contribution in [0, 0.1) is 23.7 Å².